The summed E-state index contributed by atoms with van der Waals surface area (Å²) in [5.41, 5.74) is 6.02. The molecule has 0 saturated heterocycles. The molecule has 5 nitrogen and oxygen atoms in total. The van der Waals surface area contributed by atoms with Gasteiger partial charge in [0.05, 0.1) is 4.90 Å². The third-order valence-corrected chi connectivity index (χ3v) is 8.99. The van der Waals surface area contributed by atoms with Gasteiger partial charge in [0.25, 0.3) is 0 Å². The molecule has 6 heteroatoms. The lowest BCUT2D eigenvalue weighted by molar-refractivity contribution is 0.138. The predicted octanol–water partition coefficient (Wildman–Crippen LogP) is 5.71. The van der Waals surface area contributed by atoms with Crippen molar-refractivity contribution in [3.8, 4) is 0 Å². The molecule has 36 heavy (non-hydrogen) atoms. The Morgan fingerprint density at radius 1 is 0.917 bits per heavy atom. The number of allylic oxidation sites excluding steroid dienone is 1. The van der Waals surface area contributed by atoms with Gasteiger partial charge in [-0.25, -0.2) is 13.1 Å². The van der Waals surface area contributed by atoms with Crippen molar-refractivity contribution in [2.45, 2.75) is 36.1 Å². The molecule has 1 unspecified atom stereocenters. The summed E-state index contributed by atoms with van der Waals surface area (Å²) < 4.78 is 28.3. The highest BCUT2D eigenvalue weighted by Crippen LogP contribution is 2.43. The van der Waals surface area contributed by atoms with E-state index in [9.17, 15) is 8.42 Å². The lowest BCUT2D eigenvalue weighted by Gasteiger charge is -2.43. The van der Waals surface area contributed by atoms with Gasteiger partial charge in [-0.2, -0.15) is 0 Å². The maximum Gasteiger partial charge on any atom is 0.240 e. The monoisotopic (exact) mass is 499 g/mol. The zero-order valence-corrected chi connectivity index (χ0v) is 21.7. The van der Waals surface area contributed by atoms with Crippen LogP contribution >= 0.6 is 0 Å². The van der Waals surface area contributed by atoms with E-state index in [1.165, 1.54) is 16.7 Å². The van der Waals surface area contributed by atoms with Crippen LogP contribution in [0.5, 0.6) is 0 Å². The minimum atomic E-state index is -3.54. The standard InChI is InChI=1S/C30H33N3O2S/c1-33(2)30(24-11-5-3-6-12-24)20-17-23(18-21-30)29-27(26-15-9-10-16-28(26)32-29)19-22-31-36(34,35)25-13-7-4-8-14-25/h3-17,31-32H,18-22H2,1-2H3. The fourth-order valence-corrected chi connectivity index (χ4v) is 6.52. The van der Waals surface area contributed by atoms with Gasteiger partial charge >= 0.3 is 0 Å². The topological polar surface area (TPSA) is 65.2 Å². The van der Waals surface area contributed by atoms with Crippen molar-refractivity contribution >= 4 is 26.5 Å². The first-order valence-electron chi connectivity index (χ1n) is 12.5. The zero-order chi connectivity index (χ0) is 25.2. The first kappa shape index (κ1) is 24.5. The van der Waals surface area contributed by atoms with E-state index in [-0.39, 0.29) is 5.54 Å². The lowest BCUT2D eigenvalue weighted by atomic mass is 9.75. The number of nitrogens with one attached hydrogen (secondary N) is 2. The number of hydrogen-bond donors (Lipinski definition) is 2. The normalized spacial score (nSPS) is 18.5. The number of hydrogen-bond acceptors (Lipinski definition) is 3. The predicted molar refractivity (Wildman–Crippen MR) is 147 cm³/mol. The van der Waals surface area contributed by atoms with E-state index in [1.54, 1.807) is 24.3 Å². The first-order chi connectivity index (χ1) is 17.4. The second kappa shape index (κ2) is 10.1. The van der Waals surface area contributed by atoms with Crippen molar-refractivity contribution in [1.82, 2.24) is 14.6 Å². The molecule has 1 aromatic heterocycles. The van der Waals surface area contributed by atoms with Gasteiger partial charge in [0.1, 0.15) is 0 Å². The molecule has 186 valence electrons. The molecule has 0 spiro atoms. The number of benzene rings is 3. The van der Waals surface area contributed by atoms with E-state index in [4.69, 9.17) is 0 Å². The van der Waals surface area contributed by atoms with E-state index in [0.29, 0.717) is 17.9 Å². The Kier molecular flexibility index (Phi) is 6.84. The van der Waals surface area contributed by atoms with Crippen molar-refractivity contribution in [3.63, 3.8) is 0 Å². The van der Waals surface area contributed by atoms with Crippen LogP contribution in [0.25, 0.3) is 16.5 Å². The van der Waals surface area contributed by atoms with Crippen molar-refractivity contribution in [3.05, 3.63) is 108 Å². The van der Waals surface area contributed by atoms with Crippen LogP contribution < -0.4 is 4.72 Å². The summed E-state index contributed by atoms with van der Waals surface area (Å²) >= 11 is 0. The van der Waals surface area contributed by atoms with Crippen LogP contribution in [0.4, 0.5) is 0 Å². The number of aromatic nitrogens is 1. The molecule has 1 atom stereocenters. The van der Waals surface area contributed by atoms with E-state index < -0.39 is 10.0 Å². The smallest absolute Gasteiger partial charge is 0.240 e. The van der Waals surface area contributed by atoms with E-state index in [1.807, 2.05) is 18.2 Å². The van der Waals surface area contributed by atoms with Crippen LogP contribution in [0.1, 0.15) is 36.1 Å². The maximum absolute atomic E-state index is 12.7. The summed E-state index contributed by atoms with van der Waals surface area (Å²) in [4.78, 5) is 6.29. The molecule has 0 aliphatic heterocycles. The minimum Gasteiger partial charge on any atom is -0.355 e. The molecule has 0 bridgehead atoms. The van der Waals surface area contributed by atoms with Crippen molar-refractivity contribution in [2.75, 3.05) is 20.6 Å². The molecule has 0 fully saturated rings. The first-order valence-corrected chi connectivity index (χ1v) is 14.0. The van der Waals surface area contributed by atoms with Crippen LogP contribution in [0.2, 0.25) is 0 Å². The third-order valence-electron chi connectivity index (χ3n) is 7.52. The van der Waals surface area contributed by atoms with Gasteiger partial charge in [0.2, 0.25) is 10.0 Å². The molecule has 0 saturated carbocycles. The highest BCUT2D eigenvalue weighted by Gasteiger charge is 2.36. The third kappa shape index (κ3) is 4.64. The van der Waals surface area contributed by atoms with Gasteiger partial charge in [0.15, 0.2) is 0 Å². The summed E-state index contributed by atoms with van der Waals surface area (Å²) in [6.45, 7) is 0.338. The average Bonchev–Trinajstić information content (AvgIpc) is 3.28. The number of H-pyrrole nitrogens is 1. The average molecular weight is 500 g/mol. The molecule has 1 heterocycles. The number of fused-ring (bicyclic) bond motifs is 1. The summed E-state index contributed by atoms with van der Waals surface area (Å²) in [6.07, 6.45) is 5.88. The maximum atomic E-state index is 12.7. The summed E-state index contributed by atoms with van der Waals surface area (Å²) in [7, 11) is 0.791. The van der Waals surface area contributed by atoms with E-state index in [0.717, 1.165) is 35.9 Å². The molecule has 0 amide bonds. The molecule has 0 radical (unpaired) electrons. The van der Waals surface area contributed by atoms with Crippen LogP contribution in [-0.4, -0.2) is 38.9 Å². The molecule has 1 aliphatic rings. The van der Waals surface area contributed by atoms with Crippen LogP contribution in [0, 0.1) is 0 Å². The van der Waals surface area contributed by atoms with Crippen molar-refractivity contribution < 1.29 is 8.42 Å². The Morgan fingerprint density at radius 3 is 2.25 bits per heavy atom. The van der Waals surface area contributed by atoms with Crippen LogP contribution in [-0.2, 0) is 22.0 Å². The Bertz CT molecular complexity index is 1470. The zero-order valence-electron chi connectivity index (χ0n) is 20.9. The molecule has 4 aromatic rings. The SMILES string of the molecule is CN(C)C1(c2ccccc2)CC=C(c2[nH]c3ccccc3c2CCNS(=O)(=O)c2ccccc2)CC1. The number of nitrogens with zero attached hydrogens (tertiary/aromatic N) is 1. The highest BCUT2D eigenvalue weighted by atomic mass is 32.2. The van der Waals surface area contributed by atoms with Crippen molar-refractivity contribution in [1.29, 1.82) is 0 Å². The van der Waals surface area contributed by atoms with Gasteiger partial charge in [-0.05, 0) is 74.7 Å². The van der Waals surface area contributed by atoms with Crippen LogP contribution in [0.15, 0.2) is 95.9 Å². The highest BCUT2D eigenvalue weighted by molar-refractivity contribution is 7.89. The molecule has 3 aromatic carbocycles. The van der Waals surface area contributed by atoms with E-state index in [2.05, 4.69) is 77.2 Å². The fraction of sp³-hybridized carbons (Fsp3) is 0.267. The van der Waals surface area contributed by atoms with Crippen molar-refractivity contribution in [2.24, 2.45) is 0 Å². The summed E-state index contributed by atoms with van der Waals surface area (Å²) in [5, 5.41) is 1.15. The Labute approximate surface area is 213 Å². The van der Waals surface area contributed by atoms with Gasteiger partial charge < -0.3 is 4.98 Å². The Balaban J connectivity index is 1.43. The molecular formula is C30H33N3O2S. The lowest BCUT2D eigenvalue weighted by Crippen LogP contribution is -2.42. The molecule has 1 aliphatic carbocycles. The van der Waals surface area contributed by atoms with Gasteiger partial charge in [0, 0.05) is 28.7 Å². The fourth-order valence-electron chi connectivity index (χ4n) is 5.47. The Morgan fingerprint density at radius 2 is 1.58 bits per heavy atom. The second-order valence-electron chi connectivity index (χ2n) is 9.71. The number of aromatic amines is 1. The summed E-state index contributed by atoms with van der Waals surface area (Å²) in [5.74, 6) is 0. The molecule has 2 N–H and O–H groups in total. The van der Waals surface area contributed by atoms with Gasteiger partial charge in [-0.15, -0.1) is 0 Å². The van der Waals surface area contributed by atoms with Gasteiger partial charge in [-0.1, -0.05) is 72.8 Å². The molecular weight excluding hydrogens is 466 g/mol. The Hall–Kier alpha value is -3.19. The summed E-state index contributed by atoms with van der Waals surface area (Å²) in [6, 6.07) is 27.6. The van der Waals surface area contributed by atoms with Gasteiger partial charge in [-0.3, -0.25) is 4.90 Å². The van der Waals surface area contributed by atoms with Crippen LogP contribution in [0.3, 0.4) is 0 Å². The largest absolute Gasteiger partial charge is 0.355 e. The molecule has 5 rings (SSSR count). The quantitative estimate of drug-likeness (QED) is 0.326. The number of para-hydroxylation sites is 1. The van der Waals surface area contributed by atoms with E-state index >= 15 is 0 Å². The minimum absolute atomic E-state index is 0.0255. The second-order valence-corrected chi connectivity index (χ2v) is 11.5. The number of rotatable bonds is 8. The number of sulfonamides is 1.